The molecule has 1 amide bonds. The summed E-state index contributed by atoms with van der Waals surface area (Å²) in [6.07, 6.45) is 0. The molecule has 0 radical (unpaired) electrons. The molecule has 0 fully saturated rings. The number of hydrogen-bond acceptors (Lipinski definition) is 4. The minimum Gasteiger partial charge on any atom is -0.423 e. The van der Waals surface area contributed by atoms with E-state index in [1.807, 2.05) is 54.6 Å². The quantitative estimate of drug-likeness (QED) is 0.591. The first-order valence-corrected chi connectivity index (χ1v) is 8.03. The van der Waals surface area contributed by atoms with Crippen LogP contribution in [-0.2, 0) is 9.59 Å². The van der Waals surface area contributed by atoms with Gasteiger partial charge in [-0.15, -0.1) is 0 Å². The van der Waals surface area contributed by atoms with Crippen molar-refractivity contribution in [2.24, 2.45) is 0 Å². The second kappa shape index (κ2) is 6.28. The monoisotopic (exact) mass is 332 g/mol. The van der Waals surface area contributed by atoms with Crippen molar-refractivity contribution in [1.82, 2.24) is 0 Å². The van der Waals surface area contributed by atoms with Crippen molar-refractivity contribution in [3.8, 4) is 5.75 Å². The molecule has 0 spiro atoms. The van der Waals surface area contributed by atoms with Crippen LogP contribution in [0.1, 0.15) is 0 Å². The normalized spacial score (nSPS) is 13.3. The Morgan fingerprint density at radius 2 is 1.76 bits per heavy atom. The Hall–Kier alpha value is -3.34. The van der Waals surface area contributed by atoms with Crippen LogP contribution in [0.2, 0.25) is 0 Å². The van der Waals surface area contributed by atoms with Crippen LogP contribution in [0.5, 0.6) is 5.75 Å². The van der Waals surface area contributed by atoms with Gasteiger partial charge in [-0.3, -0.25) is 4.79 Å². The number of rotatable bonds is 3. The zero-order valence-corrected chi connectivity index (χ0v) is 13.4. The molecule has 124 valence electrons. The number of anilines is 2. The summed E-state index contributed by atoms with van der Waals surface area (Å²) in [7, 11) is 0. The fourth-order valence-corrected chi connectivity index (χ4v) is 3.04. The summed E-state index contributed by atoms with van der Waals surface area (Å²) in [5.74, 6) is -0.0609. The summed E-state index contributed by atoms with van der Waals surface area (Å²) in [5.41, 5.74) is 1.51. The molecule has 0 unspecified atom stereocenters. The SMILES string of the molecule is O=C(CN1CC(=O)Oc2ccccc21)Nc1cccc2ccccc12. The van der Waals surface area contributed by atoms with Crippen molar-refractivity contribution >= 4 is 34.0 Å². The Morgan fingerprint density at radius 3 is 2.68 bits per heavy atom. The molecule has 3 aromatic carbocycles. The van der Waals surface area contributed by atoms with Crippen LogP contribution in [0.3, 0.4) is 0 Å². The first-order valence-electron chi connectivity index (χ1n) is 8.03. The molecule has 0 aliphatic carbocycles. The number of amides is 1. The van der Waals surface area contributed by atoms with Gasteiger partial charge in [-0.05, 0) is 23.6 Å². The summed E-state index contributed by atoms with van der Waals surface area (Å²) in [5, 5.41) is 4.99. The molecule has 0 aromatic heterocycles. The average molecular weight is 332 g/mol. The fourth-order valence-electron chi connectivity index (χ4n) is 3.04. The van der Waals surface area contributed by atoms with E-state index in [2.05, 4.69) is 5.32 Å². The molecule has 1 aliphatic rings. The maximum atomic E-state index is 12.5. The van der Waals surface area contributed by atoms with Gasteiger partial charge in [-0.2, -0.15) is 0 Å². The van der Waals surface area contributed by atoms with Crippen molar-refractivity contribution in [3.63, 3.8) is 0 Å². The lowest BCUT2D eigenvalue weighted by molar-refractivity contribution is -0.133. The minimum absolute atomic E-state index is 0.0555. The molecule has 25 heavy (non-hydrogen) atoms. The van der Waals surface area contributed by atoms with Gasteiger partial charge >= 0.3 is 5.97 Å². The van der Waals surface area contributed by atoms with E-state index in [1.54, 1.807) is 17.0 Å². The third-order valence-corrected chi connectivity index (χ3v) is 4.15. The summed E-state index contributed by atoms with van der Waals surface area (Å²) in [6, 6.07) is 20.9. The summed E-state index contributed by atoms with van der Waals surface area (Å²) >= 11 is 0. The Balaban J connectivity index is 1.56. The maximum absolute atomic E-state index is 12.5. The third kappa shape index (κ3) is 3.04. The van der Waals surface area contributed by atoms with E-state index in [1.165, 1.54) is 0 Å². The van der Waals surface area contributed by atoms with E-state index in [0.717, 1.165) is 22.1 Å². The van der Waals surface area contributed by atoms with Gasteiger partial charge in [0, 0.05) is 11.1 Å². The van der Waals surface area contributed by atoms with Crippen LogP contribution >= 0.6 is 0 Å². The number of nitrogens with zero attached hydrogens (tertiary/aromatic N) is 1. The van der Waals surface area contributed by atoms with Crippen molar-refractivity contribution in [2.45, 2.75) is 0 Å². The lowest BCUT2D eigenvalue weighted by Gasteiger charge is -2.29. The smallest absolute Gasteiger partial charge is 0.331 e. The van der Waals surface area contributed by atoms with Crippen LogP contribution < -0.4 is 15.0 Å². The third-order valence-electron chi connectivity index (χ3n) is 4.15. The number of fused-ring (bicyclic) bond motifs is 2. The predicted octanol–water partition coefficient (Wildman–Crippen LogP) is 3.20. The Kier molecular flexibility index (Phi) is 3.82. The van der Waals surface area contributed by atoms with E-state index in [0.29, 0.717) is 5.75 Å². The lowest BCUT2D eigenvalue weighted by atomic mass is 10.1. The van der Waals surface area contributed by atoms with Crippen molar-refractivity contribution in [2.75, 3.05) is 23.3 Å². The zero-order chi connectivity index (χ0) is 17.2. The Morgan fingerprint density at radius 1 is 1.00 bits per heavy atom. The standard InChI is InChI=1S/C20H16N2O3/c23-19(21-16-9-5-7-14-6-1-2-8-15(14)16)12-22-13-20(24)25-18-11-4-3-10-17(18)22/h1-11H,12-13H2,(H,21,23). The number of esters is 1. The van der Waals surface area contributed by atoms with E-state index in [4.69, 9.17) is 4.74 Å². The average Bonchev–Trinajstić information content (AvgIpc) is 2.62. The highest BCUT2D eigenvalue weighted by molar-refractivity contribution is 6.04. The van der Waals surface area contributed by atoms with Gasteiger partial charge in [0.05, 0.1) is 12.2 Å². The van der Waals surface area contributed by atoms with Gasteiger partial charge in [-0.1, -0.05) is 48.5 Å². The molecule has 0 bridgehead atoms. The Labute approximate surface area is 144 Å². The number of ether oxygens (including phenoxy) is 1. The highest BCUT2D eigenvalue weighted by atomic mass is 16.5. The summed E-state index contributed by atoms with van der Waals surface area (Å²) < 4.78 is 5.21. The van der Waals surface area contributed by atoms with E-state index < -0.39 is 0 Å². The molecule has 4 rings (SSSR count). The van der Waals surface area contributed by atoms with Gasteiger partial charge in [0.1, 0.15) is 6.54 Å². The first kappa shape index (κ1) is 15.2. The van der Waals surface area contributed by atoms with Crippen LogP contribution in [0.4, 0.5) is 11.4 Å². The fraction of sp³-hybridized carbons (Fsp3) is 0.100. The van der Waals surface area contributed by atoms with E-state index in [-0.39, 0.29) is 25.0 Å². The molecule has 0 saturated heterocycles. The molecular formula is C20H16N2O3. The number of carbonyl (C=O) groups excluding carboxylic acids is 2. The van der Waals surface area contributed by atoms with Crippen LogP contribution in [0, 0.1) is 0 Å². The molecule has 5 nitrogen and oxygen atoms in total. The predicted molar refractivity (Wildman–Crippen MR) is 96.9 cm³/mol. The van der Waals surface area contributed by atoms with Crippen LogP contribution in [-0.4, -0.2) is 25.0 Å². The Bertz CT molecular complexity index is 963. The van der Waals surface area contributed by atoms with E-state index >= 15 is 0 Å². The topological polar surface area (TPSA) is 58.6 Å². The largest absolute Gasteiger partial charge is 0.423 e. The zero-order valence-electron chi connectivity index (χ0n) is 13.4. The van der Waals surface area contributed by atoms with Crippen molar-refractivity contribution in [3.05, 3.63) is 66.7 Å². The van der Waals surface area contributed by atoms with E-state index in [9.17, 15) is 9.59 Å². The lowest BCUT2D eigenvalue weighted by Crippen LogP contribution is -2.41. The minimum atomic E-state index is -0.364. The number of hydrogen-bond donors (Lipinski definition) is 1. The van der Waals surface area contributed by atoms with Gasteiger partial charge in [0.2, 0.25) is 5.91 Å². The number of para-hydroxylation sites is 2. The highest BCUT2D eigenvalue weighted by Gasteiger charge is 2.25. The molecule has 1 heterocycles. The molecule has 3 aromatic rings. The summed E-state index contributed by atoms with van der Waals surface area (Å²) in [4.78, 5) is 26.0. The molecule has 1 N–H and O–H groups in total. The van der Waals surface area contributed by atoms with Crippen molar-refractivity contribution in [1.29, 1.82) is 0 Å². The van der Waals surface area contributed by atoms with Gasteiger partial charge < -0.3 is 15.0 Å². The first-order chi connectivity index (χ1) is 12.2. The molecular weight excluding hydrogens is 316 g/mol. The number of benzene rings is 3. The van der Waals surface area contributed by atoms with Crippen molar-refractivity contribution < 1.29 is 14.3 Å². The molecule has 0 saturated carbocycles. The second-order valence-corrected chi connectivity index (χ2v) is 5.87. The maximum Gasteiger partial charge on any atom is 0.331 e. The van der Waals surface area contributed by atoms with Gasteiger partial charge in [0.25, 0.3) is 0 Å². The number of carbonyl (C=O) groups is 2. The molecule has 0 atom stereocenters. The second-order valence-electron chi connectivity index (χ2n) is 5.87. The van der Waals surface area contributed by atoms with Crippen LogP contribution in [0.15, 0.2) is 66.7 Å². The van der Waals surface area contributed by atoms with Gasteiger partial charge in [-0.25, -0.2) is 4.79 Å². The summed E-state index contributed by atoms with van der Waals surface area (Å²) in [6.45, 7) is 0.134. The highest BCUT2D eigenvalue weighted by Crippen LogP contribution is 2.31. The molecule has 1 aliphatic heterocycles. The van der Waals surface area contributed by atoms with Gasteiger partial charge in [0.15, 0.2) is 5.75 Å². The molecule has 5 heteroatoms. The van der Waals surface area contributed by atoms with Crippen LogP contribution in [0.25, 0.3) is 10.8 Å². The number of nitrogens with one attached hydrogen (secondary N) is 1.